The third kappa shape index (κ3) is 4.56. The molecule has 2 N–H and O–H groups in total. The standard InChI is InChI=1S/C15H26FN3/c1-5-14(17)15(19(4)11-10-18(2)3)12-8-6-7-9-13(12)16/h6-9,14-15H,5,10-11,17H2,1-4H3. The first-order valence-corrected chi connectivity index (χ1v) is 6.82. The number of likely N-dealkylation sites (N-methyl/N-ethyl adjacent to an activating group) is 2. The fourth-order valence-electron chi connectivity index (χ4n) is 2.23. The highest BCUT2D eigenvalue weighted by Crippen LogP contribution is 2.25. The topological polar surface area (TPSA) is 32.5 Å². The zero-order chi connectivity index (χ0) is 14.4. The van der Waals surface area contributed by atoms with E-state index in [-0.39, 0.29) is 17.9 Å². The second-order valence-electron chi connectivity index (χ2n) is 5.32. The van der Waals surface area contributed by atoms with Crippen molar-refractivity contribution in [1.29, 1.82) is 0 Å². The molecule has 3 nitrogen and oxygen atoms in total. The molecule has 1 aromatic rings. The van der Waals surface area contributed by atoms with E-state index >= 15 is 0 Å². The number of nitrogens with zero attached hydrogens (tertiary/aromatic N) is 2. The molecule has 19 heavy (non-hydrogen) atoms. The summed E-state index contributed by atoms with van der Waals surface area (Å²) in [5.74, 6) is -0.173. The summed E-state index contributed by atoms with van der Waals surface area (Å²) in [5.41, 5.74) is 6.90. The summed E-state index contributed by atoms with van der Waals surface area (Å²) in [7, 11) is 6.08. The molecule has 0 aliphatic heterocycles. The monoisotopic (exact) mass is 267 g/mol. The highest BCUT2D eigenvalue weighted by atomic mass is 19.1. The number of nitrogens with two attached hydrogens (primary N) is 1. The molecule has 2 unspecified atom stereocenters. The summed E-state index contributed by atoms with van der Waals surface area (Å²) in [6.45, 7) is 3.83. The van der Waals surface area contributed by atoms with Crippen LogP contribution in [0, 0.1) is 5.82 Å². The number of halogens is 1. The highest BCUT2D eigenvalue weighted by molar-refractivity contribution is 5.22. The molecule has 1 aromatic carbocycles. The summed E-state index contributed by atoms with van der Waals surface area (Å²) in [5, 5.41) is 0. The van der Waals surface area contributed by atoms with Gasteiger partial charge in [-0.25, -0.2) is 4.39 Å². The number of rotatable bonds is 7. The summed E-state index contributed by atoms with van der Waals surface area (Å²) in [4.78, 5) is 4.26. The van der Waals surface area contributed by atoms with E-state index in [9.17, 15) is 4.39 Å². The maximum Gasteiger partial charge on any atom is 0.128 e. The van der Waals surface area contributed by atoms with Crippen LogP contribution in [0.25, 0.3) is 0 Å². The van der Waals surface area contributed by atoms with Crippen molar-refractivity contribution in [2.45, 2.75) is 25.4 Å². The SMILES string of the molecule is CCC(N)C(c1ccccc1F)N(C)CCN(C)C. The van der Waals surface area contributed by atoms with E-state index in [0.717, 1.165) is 19.5 Å². The lowest BCUT2D eigenvalue weighted by molar-refractivity contribution is 0.187. The average Bonchev–Trinajstić information content (AvgIpc) is 2.38. The molecule has 0 saturated carbocycles. The van der Waals surface area contributed by atoms with Crippen molar-refractivity contribution in [2.24, 2.45) is 5.73 Å². The van der Waals surface area contributed by atoms with Crippen LogP contribution in [0.4, 0.5) is 4.39 Å². The van der Waals surface area contributed by atoms with Crippen molar-refractivity contribution in [3.8, 4) is 0 Å². The van der Waals surface area contributed by atoms with Crippen LogP contribution in [0.3, 0.4) is 0 Å². The molecule has 0 spiro atoms. The lowest BCUT2D eigenvalue weighted by atomic mass is 9.96. The van der Waals surface area contributed by atoms with Crippen LogP contribution in [-0.2, 0) is 0 Å². The first-order valence-electron chi connectivity index (χ1n) is 6.82. The molecule has 0 bridgehead atoms. The van der Waals surface area contributed by atoms with E-state index in [1.807, 2.05) is 40.2 Å². The Morgan fingerprint density at radius 3 is 2.32 bits per heavy atom. The van der Waals surface area contributed by atoms with Crippen LogP contribution in [0.15, 0.2) is 24.3 Å². The average molecular weight is 267 g/mol. The molecule has 1 rings (SSSR count). The van der Waals surface area contributed by atoms with Gasteiger partial charge in [0, 0.05) is 24.7 Å². The molecule has 0 aromatic heterocycles. The Morgan fingerprint density at radius 1 is 1.16 bits per heavy atom. The van der Waals surface area contributed by atoms with Crippen LogP contribution in [0.2, 0.25) is 0 Å². The Labute approximate surface area is 116 Å². The molecule has 2 atom stereocenters. The van der Waals surface area contributed by atoms with Gasteiger partial charge >= 0.3 is 0 Å². The fraction of sp³-hybridized carbons (Fsp3) is 0.600. The van der Waals surface area contributed by atoms with Crippen LogP contribution in [0.5, 0.6) is 0 Å². The summed E-state index contributed by atoms with van der Waals surface area (Å²) < 4.78 is 14.0. The maximum absolute atomic E-state index is 14.0. The van der Waals surface area contributed by atoms with Gasteiger partial charge < -0.3 is 10.6 Å². The largest absolute Gasteiger partial charge is 0.326 e. The van der Waals surface area contributed by atoms with Gasteiger partial charge in [-0.05, 0) is 33.6 Å². The molecular formula is C15H26FN3. The first kappa shape index (κ1) is 16.1. The van der Waals surface area contributed by atoms with Crippen LogP contribution in [-0.4, -0.2) is 50.1 Å². The minimum absolute atomic E-state index is 0.0657. The van der Waals surface area contributed by atoms with Gasteiger partial charge in [0.25, 0.3) is 0 Å². The summed E-state index contributed by atoms with van der Waals surface area (Å²) >= 11 is 0. The Bertz CT molecular complexity index is 381. The molecule has 0 fully saturated rings. The Morgan fingerprint density at radius 2 is 1.79 bits per heavy atom. The van der Waals surface area contributed by atoms with Crippen molar-refractivity contribution >= 4 is 0 Å². The van der Waals surface area contributed by atoms with Gasteiger partial charge in [0.05, 0.1) is 6.04 Å². The van der Waals surface area contributed by atoms with E-state index < -0.39 is 0 Å². The molecular weight excluding hydrogens is 241 g/mol. The van der Waals surface area contributed by atoms with E-state index in [4.69, 9.17) is 5.73 Å². The van der Waals surface area contributed by atoms with Gasteiger partial charge in [0.15, 0.2) is 0 Å². The van der Waals surface area contributed by atoms with Crippen molar-refractivity contribution in [1.82, 2.24) is 9.80 Å². The van der Waals surface area contributed by atoms with Gasteiger partial charge in [-0.3, -0.25) is 4.90 Å². The zero-order valence-corrected chi connectivity index (χ0v) is 12.4. The number of benzene rings is 1. The minimum Gasteiger partial charge on any atom is -0.326 e. The van der Waals surface area contributed by atoms with Crippen molar-refractivity contribution in [2.75, 3.05) is 34.2 Å². The predicted molar refractivity (Wildman–Crippen MR) is 78.6 cm³/mol. The molecule has 0 saturated heterocycles. The lowest BCUT2D eigenvalue weighted by Crippen LogP contribution is -2.41. The molecule has 0 heterocycles. The zero-order valence-electron chi connectivity index (χ0n) is 12.4. The van der Waals surface area contributed by atoms with Crippen LogP contribution >= 0.6 is 0 Å². The normalized spacial score (nSPS) is 14.9. The molecule has 108 valence electrons. The predicted octanol–water partition coefficient (Wildman–Crippen LogP) is 2.10. The quantitative estimate of drug-likeness (QED) is 0.821. The van der Waals surface area contributed by atoms with E-state index in [2.05, 4.69) is 9.80 Å². The lowest BCUT2D eigenvalue weighted by Gasteiger charge is -2.33. The summed E-state index contributed by atoms with van der Waals surface area (Å²) in [6.07, 6.45) is 0.825. The molecule has 0 amide bonds. The number of hydrogen-bond donors (Lipinski definition) is 1. The van der Waals surface area contributed by atoms with Crippen molar-refractivity contribution in [3.05, 3.63) is 35.6 Å². The second-order valence-corrected chi connectivity index (χ2v) is 5.32. The molecule has 0 radical (unpaired) electrons. The summed E-state index contributed by atoms with van der Waals surface area (Å²) in [6, 6.07) is 6.78. The maximum atomic E-state index is 14.0. The van der Waals surface area contributed by atoms with E-state index in [1.54, 1.807) is 6.07 Å². The second kappa shape index (κ2) is 7.58. The molecule has 0 aliphatic carbocycles. The fourth-order valence-corrected chi connectivity index (χ4v) is 2.23. The van der Waals surface area contributed by atoms with Crippen LogP contribution in [0.1, 0.15) is 24.9 Å². The molecule has 0 aliphatic rings. The van der Waals surface area contributed by atoms with Gasteiger partial charge in [0.2, 0.25) is 0 Å². The Kier molecular flexibility index (Phi) is 6.42. The van der Waals surface area contributed by atoms with Crippen molar-refractivity contribution in [3.63, 3.8) is 0 Å². The third-order valence-electron chi connectivity index (χ3n) is 3.48. The first-order chi connectivity index (χ1) is 8.97. The highest BCUT2D eigenvalue weighted by Gasteiger charge is 2.25. The minimum atomic E-state index is -0.173. The third-order valence-corrected chi connectivity index (χ3v) is 3.48. The smallest absolute Gasteiger partial charge is 0.128 e. The Hall–Kier alpha value is -0.970. The Balaban J connectivity index is 2.92. The van der Waals surface area contributed by atoms with Crippen molar-refractivity contribution < 1.29 is 4.39 Å². The van der Waals surface area contributed by atoms with E-state index in [0.29, 0.717) is 5.56 Å². The molecule has 4 heteroatoms. The van der Waals surface area contributed by atoms with Gasteiger partial charge in [0.1, 0.15) is 5.82 Å². The number of hydrogen-bond acceptors (Lipinski definition) is 3. The van der Waals surface area contributed by atoms with E-state index in [1.165, 1.54) is 6.07 Å². The van der Waals surface area contributed by atoms with Gasteiger partial charge in [-0.1, -0.05) is 25.1 Å². The van der Waals surface area contributed by atoms with Gasteiger partial charge in [-0.2, -0.15) is 0 Å². The van der Waals surface area contributed by atoms with Gasteiger partial charge in [-0.15, -0.1) is 0 Å². The van der Waals surface area contributed by atoms with Crippen LogP contribution < -0.4 is 5.73 Å².